The van der Waals surface area contributed by atoms with Crippen molar-refractivity contribution in [2.24, 2.45) is 0 Å². The van der Waals surface area contributed by atoms with Gasteiger partial charge in [-0.15, -0.1) is 0 Å². The zero-order valence-electron chi connectivity index (χ0n) is 15.4. The molecular weight excluding hydrogens is 348 g/mol. The molecule has 2 N–H and O–H groups in total. The molecule has 6 heteroatoms. The lowest BCUT2D eigenvalue weighted by Crippen LogP contribution is -2.28. The Labute approximate surface area is 156 Å². The molecule has 1 heterocycles. The van der Waals surface area contributed by atoms with Crippen molar-refractivity contribution in [2.45, 2.75) is 27.3 Å². The van der Waals surface area contributed by atoms with Crippen molar-refractivity contribution < 1.29 is 13.6 Å². The van der Waals surface area contributed by atoms with Crippen LogP contribution in [0, 0.1) is 32.4 Å². The van der Waals surface area contributed by atoms with Crippen molar-refractivity contribution >= 4 is 11.7 Å². The SMILES string of the molecule is Cc1ccc(-n2c(C)cc(CNC(=O)Nc3cc(F)ccc3F)c2C)cc1. The number of carbonyl (C=O) groups excluding carboxylic acids is 1. The summed E-state index contributed by atoms with van der Waals surface area (Å²) in [4.78, 5) is 12.0. The molecule has 2 aromatic carbocycles. The molecule has 0 radical (unpaired) electrons. The maximum absolute atomic E-state index is 13.6. The molecule has 27 heavy (non-hydrogen) atoms. The number of urea groups is 1. The van der Waals surface area contributed by atoms with E-state index in [-0.39, 0.29) is 12.2 Å². The largest absolute Gasteiger partial charge is 0.334 e. The molecule has 0 atom stereocenters. The second-order valence-electron chi connectivity index (χ2n) is 6.50. The number of carbonyl (C=O) groups is 1. The van der Waals surface area contributed by atoms with Crippen LogP contribution in [0.1, 0.15) is 22.5 Å². The molecule has 2 amide bonds. The number of aryl methyl sites for hydroxylation is 2. The fraction of sp³-hybridized carbons (Fsp3) is 0.190. The summed E-state index contributed by atoms with van der Waals surface area (Å²) in [7, 11) is 0. The van der Waals surface area contributed by atoms with Crippen LogP contribution >= 0.6 is 0 Å². The van der Waals surface area contributed by atoms with E-state index in [4.69, 9.17) is 0 Å². The summed E-state index contributed by atoms with van der Waals surface area (Å²) in [6, 6.07) is 12.5. The smallest absolute Gasteiger partial charge is 0.319 e. The van der Waals surface area contributed by atoms with E-state index in [2.05, 4.69) is 15.2 Å². The number of aromatic nitrogens is 1. The average molecular weight is 369 g/mol. The van der Waals surface area contributed by atoms with Gasteiger partial charge in [0.05, 0.1) is 5.69 Å². The van der Waals surface area contributed by atoms with Crippen LogP contribution in [-0.4, -0.2) is 10.6 Å². The highest BCUT2D eigenvalue weighted by Crippen LogP contribution is 2.21. The lowest BCUT2D eigenvalue weighted by molar-refractivity contribution is 0.251. The number of benzene rings is 2. The summed E-state index contributed by atoms with van der Waals surface area (Å²) in [5.74, 6) is -1.31. The van der Waals surface area contributed by atoms with Gasteiger partial charge in [0.2, 0.25) is 0 Å². The number of amides is 2. The molecule has 3 aromatic rings. The standard InChI is InChI=1S/C21H21F2N3O/c1-13-4-7-18(8-5-13)26-14(2)10-16(15(26)3)12-24-21(27)25-20-11-17(22)6-9-19(20)23/h4-11H,12H2,1-3H3,(H2,24,25,27). The van der Waals surface area contributed by atoms with E-state index in [1.54, 1.807) is 0 Å². The molecule has 0 aliphatic carbocycles. The number of rotatable bonds is 4. The Morgan fingerprint density at radius 3 is 2.41 bits per heavy atom. The first-order chi connectivity index (χ1) is 12.8. The molecule has 0 saturated heterocycles. The number of hydrogen-bond acceptors (Lipinski definition) is 1. The fourth-order valence-corrected chi connectivity index (χ4v) is 3.03. The number of nitrogens with zero attached hydrogens (tertiary/aromatic N) is 1. The van der Waals surface area contributed by atoms with Crippen LogP contribution in [0.3, 0.4) is 0 Å². The lowest BCUT2D eigenvalue weighted by Gasteiger charge is -2.11. The van der Waals surface area contributed by atoms with E-state index in [1.807, 2.05) is 51.1 Å². The molecule has 0 spiro atoms. The van der Waals surface area contributed by atoms with E-state index in [0.717, 1.165) is 40.8 Å². The molecular formula is C21H21F2N3O. The van der Waals surface area contributed by atoms with Gasteiger partial charge >= 0.3 is 6.03 Å². The minimum absolute atomic E-state index is 0.197. The summed E-state index contributed by atoms with van der Waals surface area (Å²) >= 11 is 0. The predicted molar refractivity (Wildman–Crippen MR) is 102 cm³/mol. The van der Waals surface area contributed by atoms with E-state index < -0.39 is 17.7 Å². The minimum Gasteiger partial charge on any atom is -0.334 e. The van der Waals surface area contributed by atoms with Crippen molar-refractivity contribution in [3.8, 4) is 5.69 Å². The lowest BCUT2D eigenvalue weighted by atomic mass is 10.2. The van der Waals surface area contributed by atoms with E-state index in [0.29, 0.717) is 0 Å². The highest BCUT2D eigenvalue weighted by molar-refractivity contribution is 5.89. The molecule has 0 fully saturated rings. The van der Waals surface area contributed by atoms with Crippen LogP contribution in [-0.2, 0) is 6.54 Å². The average Bonchev–Trinajstić information content (AvgIpc) is 2.91. The second kappa shape index (κ2) is 7.61. The zero-order chi connectivity index (χ0) is 19.6. The highest BCUT2D eigenvalue weighted by Gasteiger charge is 2.13. The first-order valence-corrected chi connectivity index (χ1v) is 8.60. The number of hydrogen-bond donors (Lipinski definition) is 2. The fourth-order valence-electron chi connectivity index (χ4n) is 3.03. The van der Waals surface area contributed by atoms with Gasteiger partial charge in [0.15, 0.2) is 0 Å². The summed E-state index contributed by atoms with van der Waals surface area (Å²) in [5.41, 5.74) is 5.04. The van der Waals surface area contributed by atoms with Crippen LogP contribution in [0.2, 0.25) is 0 Å². The quantitative estimate of drug-likeness (QED) is 0.668. The van der Waals surface area contributed by atoms with Crippen molar-refractivity contribution in [2.75, 3.05) is 5.32 Å². The molecule has 140 valence electrons. The third kappa shape index (κ3) is 4.16. The highest BCUT2D eigenvalue weighted by atomic mass is 19.1. The number of nitrogens with one attached hydrogen (secondary N) is 2. The molecule has 0 aliphatic rings. The van der Waals surface area contributed by atoms with Crippen LogP contribution in [0.15, 0.2) is 48.5 Å². The van der Waals surface area contributed by atoms with E-state index in [9.17, 15) is 13.6 Å². The molecule has 3 rings (SSSR count). The summed E-state index contributed by atoms with van der Waals surface area (Å²) < 4.78 is 28.9. The van der Waals surface area contributed by atoms with Gasteiger partial charge in [-0.1, -0.05) is 17.7 Å². The molecule has 1 aromatic heterocycles. The number of halogens is 2. The first kappa shape index (κ1) is 18.6. The maximum atomic E-state index is 13.6. The van der Waals surface area contributed by atoms with Gasteiger partial charge in [-0.05, 0) is 56.7 Å². The maximum Gasteiger partial charge on any atom is 0.319 e. The van der Waals surface area contributed by atoms with Gasteiger partial charge in [-0.2, -0.15) is 0 Å². The third-order valence-corrected chi connectivity index (χ3v) is 4.44. The Morgan fingerprint density at radius 1 is 1.00 bits per heavy atom. The minimum atomic E-state index is -0.691. The van der Waals surface area contributed by atoms with E-state index in [1.165, 1.54) is 5.56 Å². The Morgan fingerprint density at radius 2 is 1.70 bits per heavy atom. The molecule has 0 aliphatic heterocycles. The van der Waals surface area contributed by atoms with Crippen molar-refractivity contribution in [1.82, 2.24) is 9.88 Å². The van der Waals surface area contributed by atoms with Gasteiger partial charge in [-0.3, -0.25) is 0 Å². The zero-order valence-corrected chi connectivity index (χ0v) is 15.4. The van der Waals surface area contributed by atoms with E-state index >= 15 is 0 Å². The van der Waals surface area contributed by atoms with Gasteiger partial charge in [-0.25, -0.2) is 13.6 Å². The molecule has 0 bridgehead atoms. The van der Waals surface area contributed by atoms with Crippen LogP contribution in [0.25, 0.3) is 5.69 Å². The Kier molecular flexibility index (Phi) is 5.26. The monoisotopic (exact) mass is 369 g/mol. The van der Waals surface area contributed by atoms with Crippen LogP contribution < -0.4 is 10.6 Å². The summed E-state index contributed by atoms with van der Waals surface area (Å²) in [6.07, 6.45) is 0. The summed E-state index contributed by atoms with van der Waals surface area (Å²) in [5, 5.41) is 5.01. The van der Waals surface area contributed by atoms with Crippen molar-refractivity contribution in [1.29, 1.82) is 0 Å². The van der Waals surface area contributed by atoms with Crippen molar-refractivity contribution in [3.63, 3.8) is 0 Å². The van der Waals surface area contributed by atoms with Gasteiger partial charge in [0, 0.05) is 29.7 Å². The Balaban J connectivity index is 1.71. The normalized spacial score (nSPS) is 10.7. The first-order valence-electron chi connectivity index (χ1n) is 8.60. The molecule has 0 unspecified atom stereocenters. The molecule has 0 saturated carbocycles. The molecule has 4 nitrogen and oxygen atoms in total. The van der Waals surface area contributed by atoms with Gasteiger partial charge in [0.1, 0.15) is 11.6 Å². The predicted octanol–water partition coefficient (Wildman–Crippen LogP) is 5.00. The van der Waals surface area contributed by atoms with Crippen LogP contribution in [0.4, 0.5) is 19.3 Å². The van der Waals surface area contributed by atoms with Gasteiger partial charge in [0.25, 0.3) is 0 Å². The van der Waals surface area contributed by atoms with Crippen LogP contribution in [0.5, 0.6) is 0 Å². The Hall–Kier alpha value is -3.15. The van der Waals surface area contributed by atoms with Gasteiger partial charge < -0.3 is 15.2 Å². The van der Waals surface area contributed by atoms with Crippen molar-refractivity contribution in [3.05, 3.63) is 82.7 Å². The Bertz CT molecular complexity index is 978. The summed E-state index contributed by atoms with van der Waals surface area (Å²) in [6.45, 7) is 6.29. The topological polar surface area (TPSA) is 46.1 Å². The second-order valence-corrected chi connectivity index (χ2v) is 6.50. The third-order valence-electron chi connectivity index (χ3n) is 4.44. The number of anilines is 1.